The first-order valence-corrected chi connectivity index (χ1v) is 9.09. The van der Waals surface area contributed by atoms with Gasteiger partial charge >= 0.3 is 6.01 Å². The fraction of sp³-hybridized carbons (Fsp3) is 0.278. The molecule has 0 bridgehead atoms. The fourth-order valence-electron chi connectivity index (χ4n) is 2.99. The highest BCUT2D eigenvalue weighted by molar-refractivity contribution is 6.35. The van der Waals surface area contributed by atoms with Crippen LogP contribution < -0.4 is 4.90 Å². The maximum Gasteiger partial charge on any atom is 0.324 e. The van der Waals surface area contributed by atoms with Gasteiger partial charge in [0.2, 0.25) is 5.82 Å². The summed E-state index contributed by atoms with van der Waals surface area (Å²) >= 11 is 12.1. The van der Waals surface area contributed by atoms with Crippen molar-refractivity contribution in [1.29, 1.82) is 0 Å². The van der Waals surface area contributed by atoms with Crippen LogP contribution in [-0.4, -0.2) is 46.2 Å². The Kier molecular flexibility index (Phi) is 5.06. The quantitative estimate of drug-likeness (QED) is 0.676. The highest BCUT2D eigenvalue weighted by Gasteiger charge is 2.22. The summed E-state index contributed by atoms with van der Waals surface area (Å²) in [5.74, 6) is 0.488. The van der Waals surface area contributed by atoms with E-state index in [1.807, 2.05) is 12.3 Å². The van der Waals surface area contributed by atoms with Crippen molar-refractivity contribution in [3.63, 3.8) is 0 Å². The van der Waals surface area contributed by atoms with E-state index in [1.165, 1.54) is 5.56 Å². The van der Waals surface area contributed by atoms with Crippen molar-refractivity contribution in [2.75, 3.05) is 31.1 Å². The lowest BCUT2D eigenvalue weighted by molar-refractivity contribution is 0.242. The SMILES string of the molecule is Clc1cc(Cl)cc(-c2noc(N3CCN(Cc4cccnc4)CC3)n2)c1. The standard InChI is InChI=1S/C18H17Cl2N5O/c19-15-8-14(9-16(20)10-15)17-22-18(26-23-17)25-6-4-24(5-7-25)12-13-2-1-3-21-11-13/h1-3,8-11H,4-7,12H2. The van der Waals surface area contributed by atoms with Crippen LogP contribution in [0.4, 0.5) is 6.01 Å². The van der Waals surface area contributed by atoms with E-state index in [9.17, 15) is 0 Å². The first-order chi connectivity index (χ1) is 12.7. The summed E-state index contributed by atoms with van der Waals surface area (Å²) < 4.78 is 5.44. The Balaban J connectivity index is 1.40. The van der Waals surface area contributed by atoms with Gasteiger partial charge in [0.1, 0.15) is 0 Å². The molecule has 3 heterocycles. The third kappa shape index (κ3) is 3.98. The number of hydrogen-bond acceptors (Lipinski definition) is 6. The van der Waals surface area contributed by atoms with Gasteiger partial charge in [0.15, 0.2) is 0 Å². The molecule has 4 rings (SSSR count). The predicted molar refractivity (Wildman–Crippen MR) is 101 cm³/mol. The van der Waals surface area contributed by atoms with Gasteiger partial charge in [-0.05, 0) is 29.8 Å². The molecule has 0 aliphatic carbocycles. The first-order valence-electron chi connectivity index (χ1n) is 8.34. The zero-order valence-corrected chi connectivity index (χ0v) is 15.5. The average Bonchev–Trinajstić information content (AvgIpc) is 3.13. The van der Waals surface area contributed by atoms with Crippen molar-refractivity contribution < 1.29 is 4.52 Å². The van der Waals surface area contributed by atoms with E-state index < -0.39 is 0 Å². The molecule has 0 amide bonds. The summed E-state index contributed by atoms with van der Waals surface area (Å²) in [5.41, 5.74) is 1.96. The Labute approximate surface area is 161 Å². The van der Waals surface area contributed by atoms with Crippen molar-refractivity contribution in [3.05, 3.63) is 58.3 Å². The Morgan fingerprint density at radius 3 is 2.50 bits per heavy atom. The molecule has 1 aromatic carbocycles. The van der Waals surface area contributed by atoms with Gasteiger partial charge in [-0.1, -0.05) is 34.4 Å². The van der Waals surface area contributed by atoms with Crippen LogP contribution in [0.2, 0.25) is 10.0 Å². The largest absolute Gasteiger partial charge is 0.324 e. The Hall–Kier alpha value is -2.15. The monoisotopic (exact) mass is 389 g/mol. The first kappa shape index (κ1) is 17.3. The highest BCUT2D eigenvalue weighted by Crippen LogP contribution is 2.27. The van der Waals surface area contributed by atoms with Crippen molar-refractivity contribution >= 4 is 29.2 Å². The molecule has 0 N–H and O–H groups in total. The number of rotatable bonds is 4. The molecule has 0 saturated carbocycles. The molecule has 0 spiro atoms. The van der Waals surface area contributed by atoms with Gasteiger partial charge in [-0.3, -0.25) is 9.88 Å². The lowest BCUT2D eigenvalue weighted by Crippen LogP contribution is -2.46. The summed E-state index contributed by atoms with van der Waals surface area (Å²) in [5, 5.41) is 5.15. The molecule has 1 fully saturated rings. The second-order valence-corrected chi connectivity index (χ2v) is 7.06. The number of piperazine rings is 1. The van der Waals surface area contributed by atoms with Gasteiger partial charge in [0, 0.05) is 60.7 Å². The van der Waals surface area contributed by atoms with Crippen LogP contribution in [0.25, 0.3) is 11.4 Å². The van der Waals surface area contributed by atoms with Crippen LogP contribution in [0.3, 0.4) is 0 Å². The summed E-state index contributed by atoms with van der Waals surface area (Å²) in [6.45, 7) is 4.42. The number of pyridine rings is 1. The number of aromatic nitrogens is 3. The van der Waals surface area contributed by atoms with Crippen LogP contribution in [0, 0.1) is 0 Å². The van der Waals surface area contributed by atoms with E-state index in [0.29, 0.717) is 21.9 Å². The van der Waals surface area contributed by atoms with Crippen LogP contribution in [-0.2, 0) is 6.54 Å². The second-order valence-electron chi connectivity index (χ2n) is 6.18. The summed E-state index contributed by atoms with van der Waals surface area (Å²) in [6.07, 6.45) is 3.70. The Bertz CT molecular complexity index is 858. The Morgan fingerprint density at radius 2 is 1.81 bits per heavy atom. The zero-order chi connectivity index (χ0) is 17.9. The third-order valence-electron chi connectivity index (χ3n) is 4.31. The number of anilines is 1. The molecule has 1 aliphatic heterocycles. The second kappa shape index (κ2) is 7.61. The molecular formula is C18H17Cl2N5O. The molecule has 8 heteroatoms. The van der Waals surface area contributed by atoms with Gasteiger partial charge in [-0.25, -0.2) is 0 Å². The van der Waals surface area contributed by atoms with E-state index in [1.54, 1.807) is 24.4 Å². The van der Waals surface area contributed by atoms with Gasteiger partial charge < -0.3 is 9.42 Å². The molecule has 6 nitrogen and oxygen atoms in total. The third-order valence-corrected chi connectivity index (χ3v) is 4.74. The molecule has 134 valence electrons. The lowest BCUT2D eigenvalue weighted by atomic mass is 10.2. The molecule has 0 unspecified atom stereocenters. The number of hydrogen-bond donors (Lipinski definition) is 0. The minimum absolute atomic E-state index is 0.488. The van der Waals surface area contributed by atoms with E-state index in [-0.39, 0.29) is 0 Å². The summed E-state index contributed by atoms with van der Waals surface area (Å²) in [6, 6.07) is 9.81. The van der Waals surface area contributed by atoms with Crippen molar-refractivity contribution in [1.82, 2.24) is 20.0 Å². The van der Waals surface area contributed by atoms with E-state index in [2.05, 4.69) is 31.0 Å². The van der Waals surface area contributed by atoms with Crippen molar-refractivity contribution in [2.24, 2.45) is 0 Å². The minimum Gasteiger partial charge on any atom is -0.322 e. The molecule has 0 atom stereocenters. The molecule has 2 aromatic heterocycles. The molecule has 1 aliphatic rings. The fourth-order valence-corrected chi connectivity index (χ4v) is 3.52. The van der Waals surface area contributed by atoms with Gasteiger partial charge in [-0.15, -0.1) is 0 Å². The number of halogens is 2. The smallest absolute Gasteiger partial charge is 0.322 e. The molecule has 1 saturated heterocycles. The van der Waals surface area contributed by atoms with Gasteiger partial charge in [0.05, 0.1) is 0 Å². The summed E-state index contributed by atoms with van der Waals surface area (Å²) in [4.78, 5) is 13.2. The topological polar surface area (TPSA) is 58.3 Å². The molecule has 26 heavy (non-hydrogen) atoms. The van der Waals surface area contributed by atoms with E-state index >= 15 is 0 Å². The number of nitrogens with zero attached hydrogens (tertiary/aromatic N) is 5. The normalized spacial score (nSPS) is 15.4. The van der Waals surface area contributed by atoms with Crippen LogP contribution in [0.5, 0.6) is 0 Å². The maximum absolute atomic E-state index is 6.05. The van der Waals surface area contributed by atoms with Crippen LogP contribution in [0.15, 0.2) is 47.2 Å². The lowest BCUT2D eigenvalue weighted by Gasteiger charge is -2.33. The van der Waals surface area contributed by atoms with E-state index in [0.717, 1.165) is 38.3 Å². The molecule has 3 aromatic rings. The van der Waals surface area contributed by atoms with Crippen molar-refractivity contribution in [3.8, 4) is 11.4 Å². The zero-order valence-electron chi connectivity index (χ0n) is 14.0. The van der Waals surface area contributed by atoms with Gasteiger partial charge in [-0.2, -0.15) is 4.98 Å². The summed E-state index contributed by atoms with van der Waals surface area (Å²) in [7, 11) is 0. The molecular weight excluding hydrogens is 373 g/mol. The Morgan fingerprint density at radius 1 is 1.04 bits per heavy atom. The van der Waals surface area contributed by atoms with E-state index in [4.69, 9.17) is 27.7 Å². The highest BCUT2D eigenvalue weighted by atomic mass is 35.5. The van der Waals surface area contributed by atoms with Crippen LogP contribution in [0.1, 0.15) is 5.56 Å². The maximum atomic E-state index is 6.05. The van der Waals surface area contributed by atoms with Crippen LogP contribution >= 0.6 is 23.2 Å². The van der Waals surface area contributed by atoms with Gasteiger partial charge in [0.25, 0.3) is 0 Å². The minimum atomic E-state index is 0.488. The van der Waals surface area contributed by atoms with Crippen molar-refractivity contribution in [2.45, 2.75) is 6.54 Å². The molecule has 0 radical (unpaired) electrons. The average molecular weight is 390 g/mol. The number of benzene rings is 1. The predicted octanol–water partition coefficient (Wildman–Crippen LogP) is 3.76.